The van der Waals surface area contributed by atoms with Crippen LogP contribution < -0.4 is 5.73 Å². The normalized spacial score (nSPS) is 12.3. The second kappa shape index (κ2) is 5.39. The number of hydrogen-bond acceptors (Lipinski definition) is 4. The van der Waals surface area contributed by atoms with Crippen LogP contribution in [0.4, 0.5) is 0 Å². The van der Waals surface area contributed by atoms with Crippen molar-refractivity contribution in [1.29, 1.82) is 5.41 Å². The van der Waals surface area contributed by atoms with Gasteiger partial charge in [0.2, 0.25) is 5.82 Å². The number of amidine groups is 1. The molecule has 1 atom stereocenters. The summed E-state index contributed by atoms with van der Waals surface area (Å²) in [7, 11) is 0. The van der Waals surface area contributed by atoms with Crippen molar-refractivity contribution in [2.45, 2.75) is 25.8 Å². The first-order valence-corrected chi connectivity index (χ1v) is 5.88. The van der Waals surface area contributed by atoms with Crippen LogP contribution in [-0.4, -0.2) is 26.0 Å². The van der Waals surface area contributed by atoms with E-state index in [2.05, 4.69) is 15.4 Å². The van der Waals surface area contributed by atoms with Gasteiger partial charge in [0, 0.05) is 12.0 Å². The minimum absolute atomic E-state index is 0.00698. The second-order valence-corrected chi connectivity index (χ2v) is 4.09. The highest BCUT2D eigenvalue weighted by Gasteiger charge is 2.14. The number of nitrogens with one attached hydrogen (secondary N) is 1. The third-order valence-electron chi connectivity index (χ3n) is 2.71. The van der Waals surface area contributed by atoms with Gasteiger partial charge in [-0.25, -0.2) is 0 Å². The van der Waals surface area contributed by atoms with Gasteiger partial charge in [-0.2, -0.15) is 4.80 Å². The Balaban J connectivity index is 2.22. The fourth-order valence-corrected chi connectivity index (χ4v) is 1.73. The van der Waals surface area contributed by atoms with Crippen LogP contribution in [0, 0.1) is 5.41 Å². The molecule has 6 nitrogen and oxygen atoms in total. The minimum atomic E-state index is -0.00698. The first kappa shape index (κ1) is 12.2. The number of hydrogen-bond donors (Lipinski definition) is 2. The molecule has 1 aromatic heterocycles. The zero-order valence-corrected chi connectivity index (χ0v) is 10.2. The molecule has 0 saturated carbocycles. The Bertz CT molecular complexity index is 518. The van der Waals surface area contributed by atoms with Crippen LogP contribution in [0.1, 0.15) is 25.8 Å². The van der Waals surface area contributed by atoms with Crippen LogP contribution in [0.3, 0.4) is 0 Å². The molecule has 6 heteroatoms. The van der Waals surface area contributed by atoms with E-state index in [0.717, 1.165) is 12.0 Å². The van der Waals surface area contributed by atoms with Gasteiger partial charge in [-0.3, -0.25) is 5.41 Å². The molecule has 1 aromatic carbocycles. The molecule has 18 heavy (non-hydrogen) atoms. The Labute approximate surface area is 105 Å². The molecule has 0 fully saturated rings. The van der Waals surface area contributed by atoms with Crippen molar-refractivity contribution in [3.8, 4) is 11.4 Å². The zero-order valence-electron chi connectivity index (χ0n) is 10.2. The van der Waals surface area contributed by atoms with Crippen molar-refractivity contribution in [3.05, 3.63) is 30.3 Å². The maximum atomic E-state index is 7.34. The van der Waals surface area contributed by atoms with E-state index in [1.165, 1.54) is 0 Å². The predicted octanol–water partition coefficient (Wildman–Crippen LogP) is 1.62. The van der Waals surface area contributed by atoms with Crippen molar-refractivity contribution in [2.24, 2.45) is 5.73 Å². The van der Waals surface area contributed by atoms with E-state index < -0.39 is 0 Å². The summed E-state index contributed by atoms with van der Waals surface area (Å²) in [6, 6.07) is 9.68. The molecular formula is C12H16N6. The Hall–Kier alpha value is -2.24. The molecule has 1 unspecified atom stereocenters. The van der Waals surface area contributed by atoms with E-state index in [9.17, 15) is 0 Å². The van der Waals surface area contributed by atoms with Gasteiger partial charge in [0.05, 0.1) is 11.9 Å². The number of nitrogens with zero attached hydrogens (tertiary/aromatic N) is 4. The fraction of sp³-hybridized carbons (Fsp3) is 0.333. The summed E-state index contributed by atoms with van der Waals surface area (Å²) in [5.41, 5.74) is 6.35. The maximum Gasteiger partial charge on any atom is 0.204 e. The summed E-state index contributed by atoms with van der Waals surface area (Å²) in [5, 5.41) is 19.8. The van der Waals surface area contributed by atoms with E-state index >= 15 is 0 Å². The van der Waals surface area contributed by atoms with Gasteiger partial charge in [-0.05, 0) is 11.6 Å². The molecule has 0 amide bonds. The van der Waals surface area contributed by atoms with Gasteiger partial charge in [-0.15, -0.1) is 10.2 Å². The molecule has 3 N–H and O–H groups in total. The predicted molar refractivity (Wildman–Crippen MR) is 69.1 cm³/mol. The Morgan fingerprint density at radius 1 is 1.39 bits per heavy atom. The van der Waals surface area contributed by atoms with E-state index in [1.807, 2.05) is 37.3 Å². The van der Waals surface area contributed by atoms with E-state index in [-0.39, 0.29) is 11.9 Å². The number of rotatable bonds is 5. The summed E-state index contributed by atoms with van der Waals surface area (Å²) >= 11 is 0. The molecule has 0 aliphatic rings. The molecule has 2 rings (SSSR count). The zero-order chi connectivity index (χ0) is 13.0. The Kier molecular flexibility index (Phi) is 3.66. The molecule has 94 valence electrons. The SMILES string of the molecule is CCC(CC(=N)N)n1nnc(-c2ccccc2)n1. The molecule has 0 spiro atoms. The molecule has 2 aromatic rings. The lowest BCUT2D eigenvalue weighted by Gasteiger charge is -2.11. The lowest BCUT2D eigenvalue weighted by atomic mass is 10.1. The maximum absolute atomic E-state index is 7.34. The second-order valence-electron chi connectivity index (χ2n) is 4.09. The van der Waals surface area contributed by atoms with Crippen LogP contribution in [0.15, 0.2) is 30.3 Å². The first-order valence-electron chi connectivity index (χ1n) is 5.88. The molecule has 1 heterocycles. The van der Waals surface area contributed by atoms with Crippen LogP contribution >= 0.6 is 0 Å². The highest BCUT2D eigenvalue weighted by atomic mass is 15.6. The molecule has 0 bridgehead atoms. The van der Waals surface area contributed by atoms with Gasteiger partial charge in [0.1, 0.15) is 0 Å². The van der Waals surface area contributed by atoms with Gasteiger partial charge in [0.15, 0.2) is 0 Å². The highest BCUT2D eigenvalue weighted by molar-refractivity contribution is 5.77. The quantitative estimate of drug-likeness (QED) is 0.617. The van der Waals surface area contributed by atoms with E-state index in [4.69, 9.17) is 11.1 Å². The van der Waals surface area contributed by atoms with E-state index in [0.29, 0.717) is 12.2 Å². The van der Waals surface area contributed by atoms with Crippen molar-refractivity contribution in [2.75, 3.05) is 0 Å². The highest BCUT2D eigenvalue weighted by Crippen LogP contribution is 2.16. The van der Waals surface area contributed by atoms with Crippen molar-refractivity contribution < 1.29 is 0 Å². The summed E-state index contributed by atoms with van der Waals surface area (Å²) < 4.78 is 0. The fourth-order valence-electron chi connectivity index (χ4n) is 1.73. The smallest absolute Gasteiger partial charge is 0.204 e. The number of tetrazole rings is 1. The van der Waals surface area contributed by atoms with Gasteiger partial charge in [-0.1, -0.05) is 37.3 Å². The average molecular weight is 244 g/mol. The standard InChI is InChI=1S/C12H16N6/c1-2-10(8-11(13)14)18-16-12(15-17-18)9-6-4-3-5-7-9/h3-7,10H,2,8H2,1H3,(H3,13,14). The molecular weight excluding hydrogens is 228 g/mol. The van der Waals surface area contributed by atoms with Crippen LogP contribution in [-0.2, 0) is 0 Å². The summed E-state index contributed by atoms with van der Waals surface area (Å²) in [5.74, 6) is 0.734. The minimum Gasteiger partial charge on any atom is -0.388 e. The van der Waals surface area contributed by atoms with Gasteiger partial charge in [0.25, 0.3) is 0 Å². The van der Waals surface area contributed by atoms with Crippen molar-refractivity contribution >= 4 is 5.84 Å². The van der Waals surface area contributed by atoms with E-state index in [1.54, 1.807) is 4.80 Å². The first-order chi connectivity index (χ1) is 8.70. The lowest BCUT2D eigenvalue weighted by Crippen LogP contribution is -2.20. The van der Waals surface area contributed by atoms with Gasteiger partial charge < -0.3 is 5.73 Å². The summed E-state index contributed by atoms with van der Waals surface area (Å²) in [6.45, 7) is 2.01. The molecule has 0 saturated heterocycles. The lowest BCUT2D eigenvalue weighted by molar-refractivity contribution is 0.394. The molecule has 0 aliphatic heterocycles. The topological polar surface area (TPSA) is 93.5 Å². The monoisotopic (exact) mass is 244 g/mol. The number of aromatic nitrogens is 4. The average Bonchev–Trinajstić information content (AvgIpc) is 2.86. The van der Waals surface area contributed by atoms with Crippen LogP contribution in [0.5, 0.6) is 0 Å². The van der Waals surface area contributed by atoms with Crippen molar-refractivity contribution in [3.63, 3.8) is 0 Å². The summed E-state index contributed by atoms with van der Waals surface area (Å²) in [4.78, 5) is 1.55. The van der Waals surface area contributed by atoms with Crippen molar-refractivity contribution in [1.82, 2.24) is 20.2 Å². The van der Waals surface area contributed by atoms with Crippen LogP contribution in [0.2, 0.25) is 0 Å². The molecule has 0 aliphatic carbocycles. The van der Waals surface area contributed by atoms with Gasteiger partial charge >= 0.3 is 0 Å². The summed E-state index contributed by atoms with van der Waals surface area (Å²) in [6.07, 6.45) is 1.26. The third kappa shape index (κ3) is 2.71. The van der Waals surface area contributed by atoms with Crippen LogP contribution in [0.25, 0.3) is 11.4 Å². The number of benzene rings is 1. The number of nitrogens with two attached hydrogens (primary N) is 1. The molecule has 0 radical (unpaired) electrons. The third-order valence-corrected chi connectivity index (χ3v) is 2.71. The Morgan fingerprint density at radius 2 is 2.11 bits per heavy atom. The Morgan fingerprint density at radius 3 is 2.72 bits per heavy atom. The largest absolute Gasteiger partial charge is 0.388 e.